The Morgan fingerprint density at radius 1 is 0.737 bits per heavy atom. The number of nitrogens with one attached hydrogen (secondary N) is 1. The zero-order valence-electron chi connectivity index (χ0n) is 20.9. The van der Waals surface area contributed by atoms with Gasteiger partial charge in [-0.2, -0.15) is 13.2 Å². The van der Waals surface area contributed by atoms with Gasteiger partial charge in [0.25, 0.3) is 0 Å². The van der Waals surface area contributed by atoms with Crippen LogP contribution in [0.2, 0.25) is 5.02 Å². The third-order valence-electron chi connectivity index (χ3n) is 7.13. The third-order valence-corrected chi connectivity index (χ3v) is 7.37. The minimum absolute atomic E-state index is 0.00202. The maximum Gasteiger partial charge on any atom is 0.408 e. The largest absolute Gasteiger partial charge is 0.408 e. The second-order valence-corrected chi connectivity index (χ2v) is 10.3. The number of hydrogen-bond acceptors (Lipinski definition) is 1. The van der Waals surface area contributed by atoms with Gasteiger partial charge in [0, 0.05) is 22.2 Å². The summed E-state index contributed by atoms with van der Waals surface area (Å²) in [5.74, 6) is 5.50. The van der Waals surface area contributed by atoms with Gasteiger partial charge >= 0.3 is 6.18 Å². The van der Waals surface area contributed by atoms with Crippen molar-refractivity contribution in [3.63, 3.8) is 0 Å². The summed E-state index contributed by atoms with van der Waals surface area (Å²) in [5, 5.41) is 3.81. The molecule has 1 aliphatic carbocycles. The van der Waals surface area contributed by atoms with Gasteiger partial charge in [-0.3, -0.25) is 0 Å². The first kappa shape index (κ1) is 25.9. The minimum Gasteiger partial charge on any atom is -0.368 e. The highest BCUT2D eigenvalue weighted by Gasteiger charge is 2.53. The molecule has 38 heavy (non-hydrogen) atoms. The second-order valence-electron chi connectivity index (χ2n) is 9.83. The molecule has 1 N–H and O–H groups in total. The molecule has 1 saturated carbocycles. The Morgan fingerprint density at radius 2 is 1.21 bits per heavy atom. The number of halogens is 4. The molecule has 0 aliphatic heterocycles. The molecule has 1 fully saturated rings. The van der Waals surface area contributed by atoms with Crippen molar-refractivity contribution in [3.05, 3.63) is 136 Å². The molecule has 0 spiro atoms. The fourth-order valence-corrected chi connectivity index (χ4v) is 4.96. The van der Waals surface area contributed by atoms with E-state index in [0.29, 0.717) is 5.69 Å². The second kappa shape index (κ2) is 10.2. The predicted octanol–water partition coefficient (Wildman–Crippen LogP) is 8.98. The lowest BCUT2D eigenvalue weighted by molar-refractivity contribution is -0.167. The molecule has 0 aromatic heterocycles. The lowest BCUT2D eigenvalue weighted by Crippen LogP contribution is -2.42. The molecule has 0 radical (unpaired) electrons. The number of rotatable bonds is 6. The van der Waals surface area contributed by atoms with Crippen LogP contribution < -0.4 is 5.32 Å². The van der Waals surface area contributed by atoms with Crippen molar-refractivity contribution < 1.29 is 13.2 Å². The van der Waals surface area contributed by atoms with Crippen LogP contribution in [0, 0.1) is 17.8 Å². The van der Waals surface area contributed by atoms with Crippen molar-refractivity contribution in [2.75, 3.05) is 5.32 Å². The maximum atomic E-state index is 14.8. The van der Waals surface area contributed by atoms with Crippen LogP contribution in [0.1, 0.15) is 42.0 Å². The maximum absolute atomic E-state index is 14.8. The molecule has 1 unspecified atom stereocenters. The molecule has 1 atom stereocenters. The monoisotopic (exact) mass is 529 g/mol. The highest BCUT2D eigenvalue weighted by Crippen LogP contribution is 2.48. The Morgan fingerprint density at radius 3 is 1.63 bits per heavy atom. The lowest BCUT2D eigenvalue weighted by atomic mass is 9.75. The van der Waals surface area contributed by atoms with Crippen molar-refractivity contribution >= 4 is 17.3 Å². The predicted molar refractivity (Wildman–Crippen MR) is 148 cm³/mol. The average Bonchev–Trinajstić information content (AvgIpc) is 3.77. The smallest absolute Gasteiger partial charge is 0.368 e. The van der Waals surface area contributed by atoms with Crippen molar-refractivity contribution in [1.29, 1.82) is 0 Å². The van der Waals surface area contributed by atoms with Crippen LogP contribution in [-0.2, 0) is 11.0 Å². The van der Waals surface area contributed by atoms with Crippen molar-refractivity contribution in [2.24, 2.45) is 5.92 Å². The van der Waals surface area contributed by atoms with Crippen LogP contribution in [0.5, 0.6) is 0 Å². The topological polar surface area (TPSA) is 12.0 Å². The summed E-state index contributed by atoms with van der Waals surface area (Å²) in [5.41, 5.74) is -0.446. The van der Waals surface area contributed by atoms with Gasteiger partial charge in [0.05, 0.1) is 0 Å². The normalized spacial score (nSPS) is 15.2. The van der Waals surface area contributed by atoms with E-state index in [1.165, 1.54) is 6.07 Å². The van der Waals surface area contributed by atoms with E-state index in [4.69, 9.17) is 11.6 Å². The summed E-state index contributed by atoms with van der Waals surface area (Å²) in [6.45, 7) is 1.15. The SMILES string of the molecule is CC(C#CC1CC1)(c1cc(Cl)ccc1NC(c1ccccc1)(c1ccccc1)c1ccccc1)C(F)(F)F. The Bertz CT molecular complexity index is 1360. The van der Waals surface area contributed by atoms with E-state index in [0.717, 1.165) is 36.5 Å². The molecule has 1 nitrogen and oxygen atoms in total. The first-order chi connectivity index (χ1) is 18.2. The van der Waals surface area contributed by atoms with Crippen molar-refractivity contribution in [2.45, 2.75) is 36.9 Å². The number of alkyl halides is 3. The fraction of sp³-hybridized carbons (Fsp3) is 0.212. The first-order valence-electron chi connectivity index (χ1n) is 12.6. The Labute approximate surface area is 226 Å². The standard InChI is InChI=1S/C33H27ClF3N/c1-31(33(35,36)37,22-21-24-17-18-24)29-23-28(34)19-20-30(29)38-32(25-11-5-2-6-12-25,26-13-7-3-8-14-26)27-15-9-4-10-16-27/h2-16,19-20,23-24,38H,17-18H2,1H3. The lowest BCUT2D eigenvalue weighted by Gasteiger charge is -2.40. The van der Waals surface area contributed by atoms with Crippen LogP contribution in [0.3, 0.4) is 0 Å². The van der Waals surface area contributed by atoms with E-state index in [1.807, 2.05) is 91.0 Å². The first-order valence-corrected chi connectivity index (χ1v) is 13.0. The summed E-state index contributed by atoms with van der Waals surface area (Å²) >= 11 is 6.33. The molecule has 0 saturated heterocycles. The van der Waals surface area contributed by atoms with E-state index < -0.39 is 17.1 Å². The molecule has 1 aliphatic rings. The molecule has 5 rings (SSSR count). The summed E-state index contributed by atoms with van der Waals surface area (Å²) in [6.07, 6.45) is -2.95. The molecule has 4 aromatic rings. The van der Waals surface area contributed by atoms with Gasteiger partial charge in [-0.15, -0.1) is 0 Å². The summed E-state index contributed by atoms with van der Waals surface area (Å²) in [7, 11) is 0. The van der Waals surface area contributed by atoms with Crippen LogP contribution >= 0.6 is 11.6 Å². The molecule has 0 amide bonds. The zero-order valence-corrected chi connectivity index (χ0v) is 21.7. The van der Waals surface area contributed by atoms with Crippen molar-refractivity contribution in [3.8, 4) is 11.8 Å². The van der Waals surface area contributed by atoms with Gasteiger partial charge in [0.15, 0.2) is 5.41 Å². The summed E-state index contributed by atoms with van der Waals surface area (Å²) in [6, 6.07) is 33.9. The minimum atomic E-state index is -4.62. The molecular weight excluding hydrogens is 503 g/mol. The van der Waals surface area contributed by atoms with E-state index in [2.05, 4.69) is 17.2 Å². The Balaban J connectivity index is 1.79. The van der Waals surface area contributed by atoms with Gasteiger partial charge in [0.2, 0.25) is 0 Å². The van der Waals surface area contributed by atoms with Gasteiger partial charge in [-0.05, 0) is 54.7 Å². The van der Waals surface area contributed by atoms with Crippen LogP contribution in [0.15, 0.2) is 109 Å². The van der Waals surface area contributed by atoms with Crippen LogP contribution in [-0.4, -0.2) is 6.18 Å². The van der Waals surface area contributed by atoms with E-state index in [-0.39, 0.29) is 16.5 Å². The van der Waals surface area contributed by atoms with Gasteiger partial charge in [0.1, 0.15) is 5.54 Å². The molecular formula is C33H27ClF3N. The summed E-state index contributed by atoms with van der Waals surface area (Å²) < 4.78 is 44.4. The number of hydrogen-bond donors (Lipinski definition) is 1. The van der Waals surface area contributed by atoms with Crippen LogP contribution in [0.25, 0.3) is 0 Å². The third kappa shape index (κ3) is 4.91. The number of benzene rings is 4. The van der Waals surface area contributed by atoms with Gasteiger partial charge in [-0.1, -0.05) is 114 Å². The summed E-state index contributed by atoms with van der Waals surface area (Å²) in [4.78, 5) is 0. The van der Waals surface area contributed by atoms with E-state index in [9.17, 15) is 13.2 Å². The Kier molecular flexibility index (Phi) is 6.99. The van der Waals surface area contributed by atoms with Gasteiger partial charge < -0.3 is 5.32 Å². The van der Waals surface area contributed by atoms with Gasteiger partial charge in [-0.25, -0.2) is 0 Å². The molecule has 0 bridgehead atoms. The highest BCUT2D eigenvalue weighted by atomic mass is 35.5. The molecule has 0 heterocycles. The average molecular weight is 530 g/mol. The number of anilines is 1. The van der Waals surface area contributed by atoms with E-state index >= 15 is 0 Å². The highest BCUT2D eigenvalue weighted by molar-refractivity contribution is 6.30. The quantitative estimate of drug-likeness (QED) is 0.194. The fourth-order valence-electron chi connectivity index (χ4n) is 4.79. The molecule has 4 aromatic carbocycles. The molecule has 192 valence electrons. The van der Waals surface area contributed by atoms with E-state index in [1.54, 1.807) is 12.1 Å². The Hall–Kier alpha value is -3.68. The zero-order chi connectivity index (χ0) is 26.8. The van der Waals surface area contributed by atoms with Crippen molar-refractivity contribution in [1.82, 2.24) is 0 Å². The van der Waals surface area contributed by atoms with Crippen LogP contribution in [0.4, 0.5) is 18.9 Å². The molecule has 5 heteroatoms.